The van der Waals surface area contributed by atoms with E-state index >= 15 is 0 Å². The zero-order chi connectivity index (χ0) is 15.1. The number of amides is 1. The van der Waals surface area contributed by atoms with E-state index in [0.717, 1.165) is 50.1 Å². The van der Waals surface area contributed by atoms with Crippen molar-refractivity contribution in [2.75, 3.05) is 18.9 Å². The Bertz CT molecular complexity index is 439. The highest BCUT2D eigenvalue weighted by Gasteiger charge is 2.19. The van der Waals surface area contributed by atoms with Crippen LogP contribution in [-0.2, 0) is 16.1 Å². The Morgan fingerprint density at radius 2 is 2.14 bits per heavy atom. The standard InChI is InChI=1S/C17H26N2O2/c1-2-11-19(13-14-5-7-15(18)8-6-14)17(20)10-9-16-4-3-12-21-16/h5-8,16H,2-4,9-13,18H2,1H3. The Morgan fingerprint density at radius 3 is 2.76 bits per heavy atom. The van der Waals surface area contributed by atoms with E-state index in [1.54, 1.807) is 0 Å². The normalized spacial score (nSPS) is 17.9. The quantitative estimate of drug-likeness (QED) is 0.785. The predicted octanol–water partition coefficient (Wildman–Crippen LogP) is 2.97. The van der Waals surface area contributed by atoms with Crippen molar-refractivity contribution in [3.8, 4) is 0 Å². The zero-order valence-electron chi connectivity index (χ0n) is 12.9. The Kier molecular flexibility index (Phi) is 6.05. The van der Waals surface area contributed by atoms with Gasteiger partial charge in [-0.05, 0) is 43.4 Å². The third kappa shape index (κ3) is 5.05. The van der Waals surface area contributed by atoms with E-state index in [9.17, 15) is 4.79 Å². The van der Waals surface area contributed by atoms with Gasteiger partial charge in [-0.1, -0.05) is 19.1 Å². The first-order valence-corrected chi connectivity index (χ1v) is 7.93. The molecule has 1 fully saturated rings. The molecule has 0 spiro atoms. The third-order valence-corrected chi connectivity index (χ3v) is 3.90. The van der Waals surface area contributed by atoms with E-state index in [1.165, 1.54) is 0 Å². The molecule has 1 heterocycles. The minimum atomic E-state index is 0.226. The molecule has 1 unspecified atom stereocenters. The predicted molar refractivity (Wildman–Crippen MR) is 84.8 cm³/mol. The lowest BCUT2D eigenvalue weighted by molar-refractivity contribution is -0.132. The third-order valence-electron chi connectivity index (χ3n) is 3.90. The highest BCUT2D eigenvalue weighted by atomic mass is 16.5. The van der Waals surface area contributed by atoms with Gasteiger partial charge in [0.05, 0.1) is 6.10 Å². The summed E-state index contributed by atoms with van der Waals surface area (Å²) >= 11 is 0. The number of nitrogens with two attached hydrogens (primary N) is 1. The Labute approximate surface area is 127 Å². The van der Waals surface area contributed by atoms with E-state index in [2.05, 4.69) is 6.92 Å². The molecule has 4 nitrogen and oxygen atoms in total. The van der Waals surface area contributed by atoms with Gasteiger partial charge in [-0.25, -0.2) is 0 Å². The molecule has 116 valence electrons. The number of hydrogen-bond donors (Lipinski definition) is 1. The van der Waals surface area contributed by atoms with Gasteiger partial charge >= 0.3 is 0 Å². The molecular weight excluding hydrogens is 264 g/mol. The number of nitrogen functional groups attached to an aromatic ring is 1. The molecule has 1 aromatic rings. The van der Waals surface area contributed by atoms with E-state index in [-0.39, 0.29) is 12.0 Å². The minimum absolute atomic E-state index is 0.226. The Morgan fingerprint density at radius 1 is 1.38 bits per heavy atom. The maximum absolute atomic E-state index is 12.4. The van der Waals surface area contributed by atoms with Crippen LogP contribution >= 0.6 is 0 Å². The number of rotatable bonds is 7. The van der Waals surface area contributed by atoms with Crippen LogP contribution in [0.4, 0.5) is 5.69 Å². The fourth-order valence-electron chi connectivity index (χ4n) is 2.72. The minimum Gasteiger partial charge on any atom is -0.399 e. The summed E-state index contributed by atoms with van der Waals surface area (Å²) in [6.07, 6.45) is 4.91. The Hall–Kier alpha value is -1.55. The van der Waals surface area contributed by atoms with Crippen LogP contribution in [0, 0.1) is 0 Å². The summed E-state index contributed by atoms with van der Waals surface area (Å²) in [6, 6.07) is 7.75. The summed E-state index contributed by atoms with van der Waals surface area (Å²) in [5.41, 5.74) is 7.58. The molecule has 0 aliphatic carbocycles. The van der Waals surface area contributed by atoms with Gasteiger partial charge in [-0.2, -0.15) is 0 Å². The number of carbonyl (C=O) groups is 1. The summed E-state index contributed by atoms with van der Waals surface area (Å²) in [5.74, 6) is 0.226. The van der Waals surface area contributed by atoms with Crippen LogP contribution in [-0.4, -0.2) is 30.1 Å². The number of anilines is 1. The van der Waals surface area contributed by atoms with Gasteiger partial charge in [0, 0.05) is 31.8 Å². The first-order valence-electron chi connectivity index (χ1n) is 7.93. The van der Waals surface area contributed by atoms with Crippen molar-refractivity contribution in [2.24, 2.45) is 0 Å². The lowest BCUT2D eigenvalue weighted by Gasteiger charge is -2.23. The highest BCUT2D eigenvalue weighted by molar-refractivity contribution is 5.76. The molecule has 0 aromatic heterocycles. The molecule has 0 bridgehead atoms. The van der Waals surface area contributed by atoms with Crippen LogP contribution in [0.1, 0.15) is 44.6 Å². The SMILES string of the molecule is CCCN(Cc1ccc(N)cc1)C(=O)CCC1CCCO1. The summed E-state index contributed by atoms with van der Waals surface area (Å²) < 4.78 is 5.59. The molecule has 4 heteroatoms. The van der Waals surface area contributed by atoms with Gasteiger partial charge in [0.2, 0.25) is 5.91 Å². The van der Waals surface area contributed by atoms with E-state index < -0.39 is 0 Å². The monoisotopic (exact) mass is 290 g/mol. The number of carbonyl (C=O) groups excluding carboxylic acids is 1. The van der Waals surface area contributed by atoms with Gasteiger partial charge in [0.1, 0.15) is 0 Å². The number of hydrogen-bond acceptors (Lipinski definition) is 3. The molecule has 2 N–H and O–H groups in total. The average Bonchev–Trinajstić information content (AvgIpc) is 3.00. The molecular formula is C17H26N2O2. The maximum Gasteiger partial charge on any atom is 0.222 e. The molecule has 1 aliphatic heterocycles. The second kappa shape index (κ2) is 8.03. The van der Waals surface area contributed by atoms with Crippen LogP contribution in [0.25, 0.3) is 0 Å². The summed E-state index contributed by atoms with van der Waals surface area (Å²) in [4.78, 5) is 14.4. The van der Waals surface area contributed by atoms with E-state index in [1.807, 2.05) is 29.2 Å². The maximum atomic E-state index is 12.4. The summed E-state index contributed by atoms with van der Waals surface area (Å²) in [7, 11) is 0. The first kappa shape index (κ1) is 15.8. The van der Waals surface area contributed by atoms with Gasteiger partial charge in [-0.3, -0.25) is 4.79 Å². The van der Waals surface area contributed by atoms with Crippen molar-refractivity contribution in [1.82, 2.24) is 4.90 Å². The van der Waals surface area contributed by atoms with E-state index in [0.29, 0.717) is 13.0 Å². The molecule has 21 heavy (non-hydrogen) atoms. The lowest BCUT2D eigenvalue weighted by atomic mass is 10.1. The lowest BCUT2D eigenvalue weighted by Crippen LogP contribution is -2.31. The summed E-state index contributed by atoms with van der Waals surface area (Å²) in [5, 5.41) is 0. The summed E-state index contributed by atoms with van der Waals surface area (Å²) in [6.45, 7) is 4.42. The van der Waals surface area contributed by atoms with Crippen molar-refractivity contribution in [2.45, 2.75) is 51.7 Å². The molecule has 1 atom stereocenters. The molecule has 2 rings (SSSR count). The van der Waals surface area contributed by atoms with Crippen LogP contribution in [0.15, 0.2) is 24.3 Å². The van der Waals surface area contributed by atoms with Crippen LogP contribution < -0.4 is 5.73 Å². The second-order valence-electron chi connectivity index (χ2n) is 5.73. The van der Waals surface area contributed by atoms with Crippen molar-refractivity contribution in [3.05, 3.63) is 29.8 Å². The van der Waals surface area contributed by atoms with Crippen LogP contribution in [0.2, 0.25) is 0 Å². The van der Waals surface area contributed by atoms with E-state index in [4.69, 9.17) is 10.5 Å². The van der Waals surface area contributed by atoms with Crippen LogP contribution in [0.3, 0.4) is 0 Å². The Balaban J connectivity index is 1.87. The molecule has 0 radical (unpaired) electrons. The van der Waals surface area contributed by atoms with Crippen molar-refractivity contribution < 1.29 is 9.53 Å². The topological polar surface area (TPSA) is 55.6 Å². The van der Waals surface area contributed by atoms with Crippen LogP contribution in [0.5, 0.6) is 0 Å². The first-order chi connectivity index (χ1) is 10.2. The molecule has 1 aromatic carbocycles. The fraction of sp³-hybridized carbons (Fsp3) is 0.588. The van der Waals surface area contributed by atoms with Crippen molar-refractivity contribution >= 4 is 11.6 Å². The molecule has 1 aliphatic rings. The zero-order valence-corrected chi connectivity index (χ0v) is 12.9. The average molecular weight is 290 g/mol. The van der Waals surface area contributed by atoms with Crippen molar-refractivity contribution in [3.63, 3.8) is 0 Å². The van der Waals surface area contributed by atoms with Gasteiger partial charge < -0.3 is 15.4 Å². The van der Waals surface area contributed by atoms with Crippen molar-refractivity contribution in [1.29, 1.82) is 0 Å². The molecule has 0 saturated carbocycles. The number of ether oxygens (including phenoxy) is 1. The number of nitrogens with zero attached hydrogens (tertiary/aromatic N) is 1. The molecule has 1 saturated heterocycles. The smallest absolute Gasteiger partial charge is 0.222 e. The number of benzene rings is 1. The van der Waals surface area contributed by atoms with Gasteiger partial charge in [-0.15, -0.1) is 0 Å². The molecule has 1 amide bonds. The highest BCUT2D eigenvalue weighted by Crippen LogP contribution is 2.18. The largest absolute Gasteiger partial charge is 0.399 e. The van der Waals surface area contributed by atoms with Gasteiger partial charge in [0.25, 0.3) is 0 Å². The fourth-order valence-corrected chi connectivity index (χ4v) is 2.72. The van der Waals surface area contributed by atoms with Gasteiger partial charge in [0.15, 0.2) is 0 Å². The second-order valence-corrected chi connectivity index (χ2v) is 5.73.